The van der Waals surface area contributed by atoms with Gasteiger partial charge in [0.2, 0.25) is 0 Å². The van der Waals surface area contributed by atoms with Crippen molar-refractivity contribution in [1.29, 1.82) is 0 Å². The number of para-hydroxylation sites is 1. The summed E-state index contributed by atoms with van der Waals surface area (Å²) in [7, 11) is 0. The van der Waals surface area contributed by atoms with Gasteiger partial charge in [-0.15, -0.1) is 0 Å². The number of halogens is 1. The molecular weight excluding hydrogens is 382 g/mol. The van der Waals surface area contributed by atoms with E-state index in [0.29, 0.717) is 16.9 Å². The average Bonchev–Trinajstić information content (AvgIpc) is 3.01. The summed E-state index contributed by atoms with van der Waals surface area (Å²) in [5, 5.41) is 6.48. The molecule has 1 heterocycles. The lowest BCUT2D eigenvalue weighted by atomic mass is 10.2. The smallest absolute Gasteiger partial charge is 0.343 e. The molecule has 28 heavy (non-hydrogen) atoms. The zero-order valence-corrected chi connectivity index (χ0v) is 15.6. The Morgan fingerprint density at radius 3 is 2.29 bits per heavy atom. The fourth-order valence-electron chi connectivity index (χ4n) is 2.50. The summed E-state index contributed by atoms with van der Waals surface area (Å²) in [6.45, 7) is 0.991. The predicted molar refractivity (Wildman–Crippen MR) is 103 cm³/mol. The molecule has 2 amide bonds. The molecule has 1 N–H and O–H groups in total. The number of imide groups is 1. The van der Waals surface area contributed by atoms with E-state index in [0.717, 1.165) is 0 Å². The van der Waals surface area contributed by atoms with Gasteiger partial charge in [-0.25, -0.2) is 9.48 Å². The molecule has 0 atom stereocenters. The van der Waals surface area contributed by atoms with Crippen molar-refractivity contribution < 1.29 is 19.1 Å². The molecule has 3 rings (SSSR count). The molecule has 0 saturated heterocycles. The third-order valence-corrected chi connectivity index (χ3v) is 4.18. The number of aryl methyl sites for hydroxylation is 1. The molecule has 0 aliphatic rings. The number of hydrogen-bond acceptors (Lipinski definition) is 5. The second-order valence-electron chi connectivity index (χ2n) is 5.82. The Balaban J connectivity index is 1.65. The molecule has 3 aromatic rings. The van der Waals surface area contributed by atoms with Gasteiger partial charge >= 0.3 is 5.97 Å². The lowest BCUT2D eigenvalue weighted by molar-refractivity contribution is -0.123. The van der Waals surface area contributed by atoms with E-state index in [2.05, 4.69) is 10.4 Å². The molecule has 1 aromatic heterocycles. The summed E-state index contributed by atoms with van der Waals surface area (Å²) in [4.78, 5) is 36.2. The maximum absolute atomic E-state index is 12.4. The number of carbonyl (C=O) groups is 3. The molecule has 0 bridgehead atoms. The SMILES string of the molecule is Cc1nn(-c2ccccc2)c(Cl)c1C(=O)OCC(=O)NC(=O)c1ccccc1. The summed E-state index contributed by atoms with van der Waals surface area (Å²) in [6.07, 6.45) is 0. The Labute approximate surface area is 165 Å². The van der Waals surface area contributed by atoms with Crippen LogP contribution in [0.4, 0.5) is 0 Å². The van der Waals surface area contributed by atoms with Crippen LogP contribution in [0.5, 0.6) is 0 Å². The molecular formula is C20H16ClN3O4. The molecule has 142 valence electrons. The van der Waals surface area contributed by atoms with E-state index in [1.54, 1.807) is 49.4 Å². The van der Waals surface area contributed by atoms with Crippen LogP contribution in [0.1, 0.15) is 26.4 Å². The van der Waals surface area contributed by atoms with Crippen molar-refractivity contribution in [3.8, 4) is 5.69 Å². The van der Waals surface area contributed by atoms with Gasteiger partial charge < -0.3 is 4.74 Å². The Kier molecular flexibility index (Phi) is 5.86. The lowest BCUT2D eigenvalue weighted by Crippen LogP contribution is -2.34. The Morgan fingerprint density at radius 1 is 1.04 bits per heavy atom. The van der Waals surface area contributed by atoms with Gasteiger partial charge in [0.25, 0.3) is 11.8 Å². The highest BCUT2D eigenvalue weighted by Crippen LogP contribution is 2.24. The van der Waals surface area contributed by atoms with E-state index < -0.39 is 24.4 Å². The summed E-state index contributed by atoms with van der Waals surface area (Å²) in [6, 6.07) is 17.3. The van der Waals surface area contributed by atoms with Crippen molar-refractivity contribution in [3.05, 3.63) is 82.6 Å². The number of hydrogen-bond donors (Lipinski definition) is 1. The monoisotopic (exact) mass is 397 g/mol. The van der Waals surface area contributed by atoms with E-state index in [1.165, 1.54) is 4.68 Å². The van der Waals surface area contributed by atoms with Crippen LogP contribution >= 0.6 is 11.6 Å². The molecule has 7 nitrogen and oxygen atoms in total. The summed E-state index contributed by atoms with van der Waals surface area (Å²) >= 11 is 6.28. The van der Waals surface area contributed by atoms with E-state index in [9.17, 15) is 14.4 Å². The third kappa shape index (κ3) is 4.27. The summed E-state index contributed by atoms with van der Waals surface area (Å²) < 4.78 is 6.41. The van der Waals surface area contributed by atoms with Gasteiger partial charge in [0, 0.05) is 5.56 Å². The first kappa shape index (κ1) is 19.3. The maximum Gasteiger partial charge on any atom is 0.343 e. The number of benzene rings is 2. The second kappa shape index (κ2) is 8.49. The number of nitrogens with one attached hydrogen (secondary N) is 1. The fraction of sp³-hybridized carbons (Fsp3) is 0.100. The second-order valence-corrected chi connectivity index (χ2v) is 6.18. The van der Waals surface area contributed by atoms with Crippen LogP contribution in [0.25, 0.3) is 5.69 Å². The molecule has 0 unspecified atom stereocenters. The zero-order chi connectivity index (χ0) is 20.1. The number of aromatic nitrogens is 2. The Bertz CT molecular complexity index is 1020. The molecule has 0 fully saturated rings. The third-order valence-electron chi connectivity index (χ3n) is 3.83. The van der Waals surface area contributed by atoms with Crippen molar-refractivity contribution in [2.75, 3.05) is 6.61 Å². The zero-order valence-electron chi connectivity index (χ0n) is 14.9. The number of esters is 1. The molecule has 0 radical (unpaired) electrons. The van der Waals surface area contributed by atoms with E-state index in [4.69, 9.17) is 16.3 Å². The van der Waals surface area contributed by atoms with Crippen LogP contribution < -0.4 is 5.32 Å². The molecule has 8 heteroatoms. The highest BCUT2D eigenvalue weighted by atomic mass is 35.5. The van der Waals surface area contributed by atoms with Crippen LogP contribution in [0.2, 0.25) is 5.15 Å². The predicted octanol–water partition coefficient (Wildman–Crippen LogP) is 2.95. The largest absolute Gasteiger partial charge is 0.452 e. The van der Waals surface area contributed by atoms with Gasteiger partial charge in [-0.05, 0) is 31.2 Å². The van der Waals surface area contributed by atoms with Crippen molar-refractivity contribution in [3.63, 3.8) is 0 Å². The van der Waals surface area contributed by atoms with Crippen LogP contribution in [-0.4, -0.2) is 34.2 Å². The van der Waals surface area contributed by atoms with Crippen molar-refractivity contribution in [1.82, 2.24) is 15.1 Å². The first-order chi connectivity index (χ1) is 13.5. The molecule has 0 aliphatic carbocycles. The lowest BCUT2D eigenvalue weighted by Gasteiger charge is -2.06. The topological polar surface area (TPSA) is 90.3 Å². The van der Waals surface area contributed by atoms with Crippen LogP contribution in [0.3, 0.4) is 0 Å². The highest BCUT2D eigenvalue weighted by molar-refractivity contribution is 6.33. The Hall–Kier alpha value is -3.45. The maximum atomic E-state index is 12.4. The standard InChI is InChI=1S/C20H16ClN3O4/c1-13-17(18(21)24(23-13)15-10-6-3-7-11-15)20(27)28-12-16(25)22-19(26)14-8-4-2-5-9-14/h2-11H,12H2,1H3,(H,22,25,26). The quantitative estimate of drug-likeness (QED) is 0.668. The van der Waals surface area contributed by atoms with Crippen molar-refractivity contribution in [2.45, 2.75) is 6.92 Å². The molecule has 0 spiro atoms. The first-order valence-corrected chi connectivity index (χ1v) is 8.72. The van der Waals surface area contributed by atoms with Crippen molar-refractivity contribution >= 4 is 29.4 Å². The van der Waals surface area contributed by atoms with Gasteiger partial charge in [0.15, 0.2) is 6.61 Å². The molecule has 0 aliphatic heterocycles. The average molecular weight is 398 g/mol. The highest BCUT2D eigenvalue weighted by Gasteiger charge is 2.23. The van der Waals surface area contributed by atoms with Crippen LogP contribution in [-0.2, 0) is 9.53 Å². The van der Waals surface area contributed by atoms with Gasteiger partial charge in [-0.3, -0.25) is 14.9 Å². The van der Waals surface area contributed by atoms with E-state index in [1.807, 2.05) is 18.2 Å². The number of nitrogens with zero attached hydrogens (tertiary/aromatic N) is 2. The van der Waals surface area contributed by atoms with Crippen LogP contribution in [0.15, 0.2) is 60.7 Å². The number of rotatable bonds is 5. The minimum Gasteiger partial charge on any atom is -0.452 e. The number of amides is 2. The van der Waals surface area contributed by atoms with E-state index >= 15 is 0 Å². The molecule has 0 saturated carbocycles. The normalized spacial score (nSPS) is 10.4. The fourth-order valence-corrected chi connectivity index (χ4v) is 2.85. The molecule has 2 aromatic carbocycles. The first-order valence-electron chi connectivity index (χ1n) is 8.34. The number of carbonyl (C=O) groups excluding carboxylic acids is 3. The summed E-state index contributed by atoms with van der Waals surface area (Å²) in [5.41, 5.74) is 1.43. The summed E-state index contributed by atoms with van der Waals surface area (Å²) in [5.74, 6) is -2.12. The van der Waals surface area contributed by atoms with E-state index in [-0.39, 0.29) is 10.7 Å². The van der Waals surface area contributed by atoms with Gasteiger partial charge in [-0.1, -0.05) is 48.0 Å². The number of ether oxygens (including phenoxy) is 1. The van der Waals surface area contributed by atoms with Crippen molar-refractivity contribution in [2.24, 2.45) is 0 Å². The minimum absolute atomic E-state index is 0.0627. The Morgan fingerprint density at radius 2 is 1.64 bits per heavy atom. The van der Waals surface area contributed by atoms with Crippen LogP contribution in [0, 0.1) is 6.92 Å². The minimum atomic E-state index is -0.799. The van der Waals surface area contributed by atoms with Gasteiger partial charge in [0.05, 0.1) is 11.4 Å². The van der Waals surface area contributed by atoms with Gasteiger partial charge in [-0.2, -0.15) is 5.10 Å². The van der Waals surface area contributed by atoms with Gasteiger partial charge in [0.1, 0.15) is 10.7 Å².